The van der Waals surface area contributed by atoms with Gasteiger partial charge in [-0.3, -0.25) is 19.3 Å². The molecule has 1 N–H and O–H groups in total. The van der Waals surface area contributed by atoms with Crippen LogP contribution in [0.15, 0.2) is 11.6 Å². The Balaban J connectivity index is 1.34. The van der Waals surface area contributed by atoms with Crippen molar-refractivity contribution in [2.45, 2.75) is 144 Å². The van der Waals surface area contributed by atoms with Gasteiger partial charge in [-0.15, -0.1) is 0 Å². The molecular weight excluding hydrogens is 618 g/mol. The Morgan fingerprint density at radius 3 is 2.29 bits per heavy atom. The summed E-state index contributed by atoms with van der Waals surface area (Å²) in [6.07, 6.45) is 12.2. The molecule has 0 spiro atoms. The highest BCUT2D eigenvalue weighted by Crippen LogP contribution is 2.75. The van der Waals surface area contributed by atoms with Crippen LogP contribution in [0.3, 0.4) is 0 Å². The first-order valence-corrected chi connectivity index (χ1v) is 19.5. The number of fused-ring (bicyclic) bond motifs is 3. The number of aliphatic carboxylic acids is 1. The minimum absolute atomic E-state index is 0.201. The predicted octanol–water partition coefficient (Wildman–Crippen LogP) is 7.68. The SMILES string of the molecule is CC(=O)O[C@@H]1C[C@@]23COC[C@@](C)([C@@H]2CC[C@H]2C3=CC[C@@]3(C)[C@H](C(=O)O)[C@@](C)([C@H](C)C(C)C)CC[C@]23C)[C@H]1OC(=O)CN(C)C1CCCCC1. The molecule has 0 unspecified atom stereocenters. The fourth-order valence-electron chi connectivity index (χ4n) is 13.1. The Bertz CT molecular complexity index is 1340. The highest BCUT2D eigenvalue weighted by atomic mass is 16.6. The minimum atomic E-state index is -0.660. The van der Waals surface area contributed by atoms with Crippen LogP contribution >= 0.6 is 0 Å². The van der Waals surface area contributed by atoms with Crippen LogP contribution in [0.4, 0.5) is 0 Å². The molecule has 2 bridgehead atoms. The summed E-state index contributed by atoms with van der Waals surface area (Å²) >= 11 is 0. The fourth-order valence-corrected chi connectivity index (χ4v) is 13.1. The molecule has 11 atom stereocenters. The van der Waals surface area contributed by atoms with E-state index in [1.165, 1.54) is 31.8 Å². The van der Waals surface area contributed by atoms with Crippen molar-refractivity contribution in [1.82, 2.24) is 4.90 Å². The summed E-state index contributed by atoms with van der Waals surface area (Å²) in [6.45, 7) is 18.5. The molecule has 0 radical (unpaired) electrons. The van der Waals surface area contributed by atoms with E-state index in [4.69, 9.17) is 14.2 Å². The van der Waals surface area contributed by atoms with Gasteiger partial charge in [-0.05, 0) is 98.3 Å². The zero-order valence-corrected chi connectivity index (χ0v) is 31.9. The summed E-state index contributed by atoms with van der Waals surface area (Å²) in [6, 6.07) is 0.394. The van der Waals surface area contributed by atoms with Crippen molar-refractivity contribution in [2.24, 2.45) is 56.7 Å². The van der Waals surface area contributed by atoms with Crippen LogP contribution in [-0.4, -0.2) is 73.0 Å². The van der Waals surface area contributed by atoms with Gasteiger partial charge in [0.1, 0.15) is 12.2 Å². The highest BCUT2D eigenvalue weighted by Gasteiger charge is 2.72. The highest BCUT2D eigenvalue weighted by molar-refractivity contribution is 5.73. The summed E-state index contributed by atoms with van der Waals surface area (Å²) in [5.74, 6) is -0.625. The first-order chi connectivity index (χ1) is 22.9. The number of likely N-dealkylation sites (N-methyl/N-ethyl adjacent to an activating group) is 1. The molecule has 0 amide bonds. The molecule has 1 heterocycles. The van der Waals surface area contributed by atoms with Gasteiger partial charge in [0.2, 0.25) is 0 Å². The molecule has 0 aromatic carbocycles. The number of carbonyl (C=O) groups is 3. The van der Waals surface area contributed by atoms with Crippen molar-refractivity contribution in [2.75, 3.05) is 26.8 Å². The average molecular weight is 684 g/mol. The molecule has 0 aromatic rings. The summed E-state index contributed by atoms with van der Waals surface area (Å²) in [5.41, 5.74) is -0.392. The van der Waals surface area contributed by atoms with Crippen molar-refractivity contribution in [3.63, 3.8) is 0 Å². The number of rotatable bonds is 8. The standard InChI is InChI=1S/C41H65NO7/c1-25(2)26(3)37(5)19-20-39(7)29-15-16-32-38(6)23-47-24-41(32,30(29)17-18-40(39,8)34(37)36(45)46)21-31(48-27(4)43)35(38)49-33(44)22-42(9)28-13-11-10-12-14-28/h17,25-26,28-29,31-32,34-35H,10-16,18-24H2,1-9H3,(H,45,46)/t26-,29+,31-,32+,34-,35+,37-,38+,39-,40+,41+/m1/s1. The fraction of sp³-hybridized carbons (Fsp3) is 0.878. The first-order valence-electron chi connectivity index (χ1n) is 19.5. The lowest BCUT2D eigenvalue weighted by Gasteiger charge is -2.71. The molecule has 5 fully saturated rings. The van der Waals surface area contributed by atoms with Crippen molar-refractivity contribution < 1.29 is 33.7 Å². The number of carboxylic acids is 1. The number of hydrogen-bond acceptors (Lipinski definition) is 7. The Kier molecular flexibility index (Phi) is 9.72. The van der Waals surface area contributed by atoms with Gasteiger partial charge in [0.25, 0.3) is 0 Å². The maximum Gasteiger partial charge on any atom is 0.320 e. The molecular formula is C41H65NO7. The van der Waals surface area contributed by atoms with Crippen LogP contribution < -0.4 is 0 Å². The van der Waals surface area contributed by atoms with Gasteiger partial charge in [0.05, 0.1) is 25.7 Å². The van der Waals surface area contributed by atoms with Gasteiger partial charge in [0.15, 0.2) is 0 Å². The van der Waals surface area contributed by atoms with Crippen molar-refractivity contribution in [3.05, 3.63) is 11.6 Å². The van der Waals surface area contributed by atoms with Crippen molar-refractivity contribution >= 4 is 17.9 Å². The van der Waals surface area contributed by atoms with Gasteiger partial charge in [-0.2, -0.15) is 0 Å². The third-order valence-corrected chi connectivity index (χ3v) is 16.2. The topological polar surface area (TPSA) is 102 Å². The first kappa shape index (κ1) is 36.8. The molecule has 6 rings (SSSR count). The van der Waals surface area contributed by atoms with E-state index in [1.807, 2.05) is 7.05 Å². The Labute approximate surface area is 295 Å². The Hall–Kier alpha value is -1.93. The number of carboxylic acid groups (broad SMARTS) is 1. The molecule has 49 heavy (non-hydrogen) atoms. The largest absolute Gasteiger partial charge is 0.481 e. The zero-order chi connectivity index (χ0) is 35.7. The third-order valence-electron chi connectivity index (χ3n) is 16.2. The number of nitrogens with zero attached hydrogens (tertiary/aromatic N) is 1. The van der Waals surface area contributed by atoms with E-state index >= 15 is 0 Å². The van der Waals surface area contributed by atoms with Gasteiger partial charge >= 0.3 is 17.9 Å². The molecule has 0 aromatic heterocycles. The summed E-state index contributed by atoms with van der Waals surface area (Å²) in [4.78, 5) is 41.8. The summed E-state index contributed by atoms with van der Waals surface area (Å²) < 4.78 is 19.1. The lowest BCUT2D eigenvalue weighted by atomic mass is 9.34. The summed E-state index contributed by atoms with van der Waals surface area (Å²) in [7, 11) is 2.02. The van der Waals surface area contributed by atoms with E-state index in [0.717, 1.165) is 38.5 Å². The van der Waals surface area contributed by atoms with E-state index in [1.54, 1.807) is 0 Å². The number of esters is 2. The Morgan fingerprint density at radius 2 is 1.65 bits per heavy atom. The van der Waals surface area contributed by atoms with Gasteiger partial charge in [-0.1, -0.05) is 79.4 Å². The van der Waals surface area contributed by atoms with Crippen LogP contribution in [0.1, 0.15) is 126 Å². The van der Waals surface area contributed by atoms with Crippen molar-refractivity contribution in [3.8, 4) is 0 Å². The van der Waals surface area contributed by atoms with Crippen LogP contribution in [0.25, 0.3) is 0 Å². The second-order valence-electron chi connectivity index (χ2n) is 18.8. The van der Waals surface area contributed by atoms with Crippen LogP contribution in [0, 0.1) is 56.7 Å². The van der Waals surface area contributed by atoms with Gasteiger partial charge in [-0.25, -0.2) is 0 Å². The van der Waals surface area contributed by atoms with Crippen molar-refractivity contribution in [1.29, 1.82) is 0 Å². The molecule has 1 saturated heterocycles. The third kappa shape index (κ3) is 5.63. The predicted molar refractivity (Wildman–Crippen MR) is 189 cm³/mol. The average Bonchev–Trinajstić information content (AvgIpc) is 3.03. The summed E-state index contributed by atoms with van der Waals surface area (Å²) in [5, 5.41) is 11.0. The van der Waals surface area contributed by atoms with E-state index in [9.17, 15) is 19.5 Å². The lowest BCUT2D eigenvalue weighted by molar-refractivity contribution is -0.263. The molecule has 1 aliphatic heterocycles. The number of carbonyl (C=O) groups excluding carboxylic acids is 2. The van der Waals surface area contributed by atoms with Gasteiger partial charge < -0.3 is 19.3 Å². The lowest BCUT2D eigenvalue weighted by Crippen LogP contribution is -2.70. The van der Waals surface area contributed by atoms with Gasteiger partial charge in [0, 0.05) is 23.8 Å². The second-order valence-corrected chi connectivity index (χ2v) is 18.8. The second kappa shape index (κ2) is 12.9. The normalized spacial score (nSPS) is 44.2. The monoisotopic (exact) mass is 683 g/mol. The van der Waals surface area contributed by atoms with Crippen LogP contribution in [0.2, 0.25) is 0 Å². The van der Waals surface area contributed by atoms with E-state index in [-0.39, 0.29) is 52.5 Å². The molecule has 276 valence electrons. The number of allylic oxidation sites excluding steroid dienone is 1. The van der Waals surface area contributed by atoms with E-state index in [2.05, 4.69) is 59.4 Å². The van der Waals surface area contributed by atoms with Crippen LogP contribution in [0.5, 0.6) is 0 Å². The molecule has 6 aliphatic rings. The Morgan fingerprint density at radius 1 is 0.959 bits per heavy atom. The minimum Gasteiger partial charge on any atom is -0.481 e. The quantitative estimate of drug-likeness (QED) is 0.205. The van der Waals surface area contributed by atoms with Crippen LogP contribution in [-0.2, 0) is 28.6 Å². The maximum atomic E-state index is 13.6. The molecule has 4 saturated carbocycles. The van der Waals surface area contributed by atoms with E-state index in [0.29, 0.717) is 38.0 Å². The zero-order valence-electron chi connectivity index (χ0n) is 31.9. The molecule has 5 aliphatic carbocycles. The molecule has 8 heteroatoms. The maximum absolute atomic E-state index is 13.6. The van der Waals surface area contributed by atoms with E-state index < -0.39 is 34.9 Å². The number of ether oxygens (including phenoxy) is 3. The smallest absolute Gasteiger partial charge is 0.320 e. The number of hydrogen-bond donors (Lipinski definition) is 1. The molecule has 8 nitrogen and oxygen atoms in total.